The minimum absolute atomic E-state index is 0.218. The maximum atomic E-state index is 10.1. The molecule has 2 aromatic rings. The van der Waals surface area contributed by atoms with E-state index in [2.05, 4.69) is 5.10 Å². The van der Waals surface area contributed by atoms with Crippen molar-refractivity contribution in [3.63, 3.8) is 0 Å². The molecular weight excluding hydrogens is 256 g/mol. The molecule has 0 bridgehead atoms. The van der Waals surface area contributed by atoms with E-state index in [0.29, 0.717) is 18.8 Å². The molecule has 1 aromatic heterocycles. The highest BCUT2D eigenvalue weighted by Crippen LogP contribution is 2.20. The minimum Gasteiger partial charge on any atom is -0.508 e. The summed E-state index contributed by atoms with van der Waals surface area (Å²) in [6.07, 6.45) is 2.67. The van der Waals surface area contributed by atoms with Crippen molar-refractivity contribution in [2.75, 3.05) is 23.7 Å². The van der Waals surface area contributed by atoms with Gasteiger partial charge in [-0.3, -0.25) is 4.68 Å². The summed E-state index contributed by atoms with van der Waals surface area (Å²) >= 11 is 0. The van der Waals surface area contributed by atoms with Crippen molar-refractivity contribution >= 4 is 11.4 Å². The lowest BCUT2D eigenvalue weighted by molar-refractivity contribution is 0.154. The Labute approximate surface area is 118 Å². The van der Waals surface area contributed by atoms with Crippen molar-refractivity contribution in [1.82, 2.24) is 9.78 Å². The van der Waals surface area contributed by atoms with Crippen molar-refractivity contribution in [3.05, 3.63) is 36.7 Å². The molecule has 1 unspecified atom stereocenters. The van der Waals surface area contributed by atoms with Gasteiger partial charge in [-0.15, -0.1) is 0 Å². The van der Waals surface area contributed by atoms with E-state index < -0.39 is 6.10 Å². The fourth-order valence-corrected chi connectivity index (χ4v) is 2.11. The summed E-state index contributed by atoms with van der Waals surface area (Å²) in [5, 5.41) is 23.7. The predicted molar refractivity (Wildman–Crippen MR) is 78.6 cm³/mol. The number of likely N-dealkylation sites (N-methyl/N-ethyl adjacent to an activating group) is 1. The van der Waals surface area contributed by atoms with Crippen LogP contribution in [-0.2, 0) is 6.54 Å². The first-order chi connectivity index (χ1) is 9.58. The smallest absolute Gasteiger partial charge is 0.117 e. The second kappa shape index (κ2) is 6.29. The largest absolute Gasteiger partial charge is 0.508 e. The normalized spacial score (nSPS) is 12.3. The Hall–Kier alpha value is -2.21. The third-order valence-electron chi connectivity index (χ3n) is 3.06. The van der Waals surface area contributed by atoms with Crippen LogP contribution in [0.1, 0.15) is 6.92 Å². The quantitative estimate of drug-likeness (QED) is 0.734. The molecule has 1 heterocycles. The van der Waals surface area contributed by atoms with Crippen LogP contribution in [0.15, 0.2) is 36.7 Å². The van der Waals surface area contributed by atoms with Gasteiger partial charge in [-0.2, -0.15) is 5.10 Å². The van der Waals surface area contributed by atoms with Crippen LogP contribution in [0.2, 0.25) is 0 Å². The zero-order valence-corrected chi connectivity index (χ0v) is 11.5. The van der Waals surface area contributed by atoms with Gasteiger partial charge in [0.05, 0.1) is 24.5 Å². The number of nitrogens with zero attached hydrogens (tertiary/aromatic N) is 3. The standard InChI is InChI=1S/C14H20N4O2/c1-2-17(12-4-3-5-13(19)6-12)9-14(20)10-18-8-11(15)7-16-18/h3-8,14,19-20H,2,9-10,15H2,1H3. The number of nitrogens with two attached hydrogens (primary N) is 1. The van der Waals surface area contributed by atoms with E-state index >= 15 is 0 Å². The van der Waals surface area contributed by atoms with Gasteiger partial charge in [0.1, 0.15) is 5.75 Å². The number of anilines is 2. The van der Waals surface area contributed by atoms with Crippen molar-refractivity contribution in [1.29, 1.82) is 0 Å². The zero-order valence-electron chi connectivity index (χ0n) is 11.5. The molecule has 0 amide bonds. The first-order valence-electron chi connectivity index (χ1n) is 6.58. The monoisotopic (exact) mass is 276 g/mol. The van der Waals surface area contributed by atoms with E-state index in [1.807, 2.05) is 17.9 Å². The van der Waals surface area contributed by atoms with Gasteiger partial charge in [-0.25, -0.2) is 0 Å². The summed E-state index contributed by atoms with van der Waals surface area (Å²) in [5.41, 5.74) is 7.05. The second-order valence-corrected chi connectivity index (χ2v) is 4.71. The molecule has 0 aliphatic rings. The minimum atomic E-state index is -0.573. The van der Waals surface area contributed by atoms with Gasteiger partial charge < -0.3 is 20.8 Å². The molecule has 20 heavy (non-hydrogen) atoms. The molecule has 0 spiro atoms. The van der Waals surface area contributed by atoms with E-state index in [0.717, 1.165) is 12.2 Å². The van der Waals surface area contributed by atoms with Crippen molar-refractivity contribution in [2.45, 2.75) is 19.6 Å². The number of aromatic hydroxyl groups is 1. The van der Waals surface area contributed by atoms with Crippen LogP contribution in [0.25, 0.3) is 0 Å². The van der Waals surface area contributed by atoms with E-state index in [9.17, 15) is 10.2 Å². The number of aromatic nitrogens is 2. The third kappa shape index (κ3) is 3.64. The van der Waals surface area contributed by atoms with E-state index in [-0.39, 0.29) is 5.75 Å². The van der Waals surface area contributed by atoms with Crippen molar-refractivity contribution < 1.29 is 10.2 Å². The molecule has 108 valence electrons. The van der Waals surface area contributed by atoms with Crippen LogP contribution in [-0.4, -0.2) is 39.2 Å². The number of aliphatic hydroxyl groups is 1. The third-order valence-corrected chi connectivity index (χ3v) is 3.06. The number of phenolic OH excluding ortho intramolecular Hbond substituents is 1. The molecule has 1 aromatic carbocycles. The number of nitrogen functional groups attached to an aromatic ring is 1. The highest BCUT2D eigenvalue weighted by atomic mass is 16.3. The summed E-state index contributed by atoms with van der Waals surface area (Å²) < 4.78 is 1.62. The van der Waals surface area contributed by atoms with Crippen LogP contribution in [0.4, 0.5) is 11.4 Å². The Morgan fingerprint density at radius 2 is 2.25 bits per heavy atom. The van der Waals surface area contributed by atoms with Gasteiger partial charge in [0, 0.05) is 31.0 Å². The van der Waals surface area contributed by atoms with Crippen molar-refractivity contribution in [2.24, 2.45) is 0 Å². The maximum absolute atomic E-state index is 10.1. The van der Waals surface area contributed by atoms with Gasteiger partial charge in [0.2, 0.25) is 0 Å². The fraction of sp³-hybridized carbons (Fsp3) is 0.357. The summed E-state index contributed by atoms with van der Waals surface area (Å²) in [7, 11) is 0. The fourth-order valence-electron chi connectivity index (χ4n) is 2.11. The zero-order chi connectivity index (χ0) is 14.5. The maximum Gasteiger partial charge on any atom is 0.117 e. The number of aliphatic hydroxyl groups excluding tert-OH is 1. The van der Waals surface area contributed by atoms with Crippen molar-refractivity contribution in [3.8, 4) is 5.75 Å². The molecule has 0 aliphatic heterocycles. The second-order valence-electron chi connectivity index (χ2n) is 4.71. The molecule has 1 atom stereocenters. The summed E-state index contributed by atoms with van der Waals surface area (Å²) in [6, 6.07) is 7.00. The lowest BCUT2D eigenvalue weighted by Gasteiger charge is -2.26. The summed E-state index contributed by atoms with van der Waals surface area (Å²) in [4.78, 5) is 2.00. The number of benzene rings is 1. The molecule has 6 nitrogen and oxygen atoms in total. The van der Waals surface area contributed by atoms with Gasteiger partial charge >= 0.3 is 0 Å². The van der Waals surface area contributed by atoms with Gasteiger partial charge in [-0.05, 0) is 19.1 Å². The average molecular weight is 276 g/mol. The average Bonchev–Trinajstić information content (AvgIpc) is 2.81. The van der Waals surface area contributed by atoms with Gasteiger partial charge in [0.15, 0.2) is 0 Å². The van der Waals surface area contributed by atoms with Crippen LogP contribution in [0.3, 0.4) is 0 Å². The van der Waals surface area contributed by atoms with E-state index in [4.69, 9.17) is 5.73 Å². The van der Waals surface area contributed by atoms with E-state index in [1.165, 1.54) is 0 Å². The molecule has 0 aliphatic carbocycles. The number of hydrogen-bond acceptors (Lipinski definition) is 5. The molecule has 0 saturated carbocycles. The Morgan fingerprint density at radius 1 is 1.45 bits per heavy atom. The van der Waals surface area contributed by atoms with Gasteiger partial charge in [0.25, 0.3) is 0 Å². The molecular formula is C14H20N4O2. The molecule has 0 radical (unpaired) electrons. The Kier molecular flexibility index (Phi) is 4.47. The lowest BCUT2D eigenvalue weighted by atomic mass is 10.2. The first kappa shape index (κ1) is 14.2. The van der Waals surface area contributed by atoms with Crippen LogP contribution in [0, 0.1) is 0 Å². The predicted octanol–water partition coefficient (Wildman–Crippen LogP) is 1.06. The highest BCUT2D eigenvalue weighted by Gasteiger charge is 2.12. The Bertz CT molecular complexity index is 556. The Balaban J connectivity index is 1.99. The molecule has 2 rings (SSSR count). The van der Waals surface area contributed by atoms with Gasteiger partial charge in [-0.1, -0.05) is 6.07 Å². The van der Waals surface area contributed by atoms with Crippen LogP contribution in [0.5, 0.6) is 5.75 Å². The SMILES string of the molecule is CCN(CC(O)Cn1cc(N)cn1)c1cccc(O)c1. The first-order valence-corrected chi connectivity index (χ1v) is 6.58. The number of hydrogen-bond donors (Lipinski definition) is 3. The molecule has 0 saturated heterocycles. The number of phenols is 1. The highest BCUT2D eigenvalue weighted by molar-refractivity contribution is 5.50. The van der Waals surface area contributed by atoms with Crippen LogP contribution >= 0.6 is 0 Å². The molecule has 4 N–H and O–H groups in total. The summed E-state index contributed by atoms with van der Waals surface area (Å²) in [6.45, 7) is 3.58. The number of rotatable bonds is 6. The molecule has 0 fully saturated rings. The Morgan fingerprint density at radius 3 is 2.85 bits per heavy atom. The van der Waals surface area contributed by atoms with Crippen LogP contribution < -0.4 is 10.6 Å². The van der Waals surface area contributed by atoms with E-state index in [1.54, 1.807) is 35.3 Å². The molecule has 6 heteroatoms. The summed E-state index contributed by atoms with van der Waals surface area (Å²) in [5.74, 6) is 0.218. The topological polar surface area (TPSA) is 87.5 Å². The lowest BCUT2D eigenvalue weighted by Crippen LogP contribution is -2.34.